The van der Waals surface area contributed by atoms with E-state index in [4.69, 9.17) is 0 Å². The van der Waals surface area contributed by atoms with Crippen LogP contribution in [0.15, 0.2) is 24.3 Å². The Balaban J connectivity index is 1.42. The number of carbonyl (C=O) groups is 2. The molecule has 2 saturated heterocycles. The highest BCUT2D eigenvalue weighted by atomic mass is 16.3. The van der Waals surface area contributed by atoms with Crippen molar-refractivity contribution in [1.29, 1.82) is 0 Å². The molecule has 0 bridgehead atoms. The van der Waals surface area contributed by atoms with Crippen molar-refractivity contribution in [1.82, 2.24) is 10.2 Å². The summed E-state index contributed by atoms with van der Waals surface area (Å²) in [6.07, 6.45) is 4.84. The van der Waals surface area contributed by atoms with Crippen LogP contribution in [0.5, 0.6) is 0 Å². The Kier molecular flexibility index (Phi) is 6.46. The quantitative estimate of drug-likeness (QED) is 0.722. The molecule has 0 aromatic heterocycles. The Hall–Kier alpha value is -2.12. The van der Waals surface area contributed by atoms with E-state index in [9.17, 15) is 14.7 Å². The third kappa shape index (κ3) is 4.74. The molecule has 2 heterocycles. The number of rotatable bonds is 6. The third-order valence-corrected chi connectivity index (χ3v) is 5.15. The summed E-state index contributed by atoms with van der Waals surface area (Å²) < 4.78 is 0. The van der Waals surface area contributed by atoms with Gasteiger partial charge in [0.15, 0.2) is 0 Å². The molecular formula is C19H28N4O3. The summed E-state index contributed by atoms with van der Waals surface area (Å²) in [7, 11) is 0. The number of urea groups is 1. The number of anilines is 2. The van der Waals surface area contributed by atoms with Gasteiger partial charge in [0.25, 0.3) is 0 Å². The standard InChI is InChI=1S/C19H28N4O3/c24-14-17-4-1-2-11-22(17)13-10-20-19(26)21-15-6-8-16(9-7-15)23-12-3-5-18(23)25/h6-9,17,24H,1-5,10-14H2,(H2,20,21,26)/t17-/m1/s1. The molecule has 1 atom stereocenters. The summed E-state index contributed by atoms with van der Waals surface area (Å²) in [5.74, 6) is 0.155. The minimum absolute atomic E-state index is 0.155. The summed E-state index contributed by atoms with van der Waals surface area (Å²) >= 11 is 0. The van der Waals surface area contributed by atoms with Crippen LogP contribution in [-0.4, -0.2) is 60.8 Å². The molecule has 3 N–H and O–H groups in total. The van der Waals surface area contributed by atoms with E-state index in [1.54, 1.807) is 4.90 Å². The van der Waals surface area contributed by atoms with Gasteiger partial charge < -0.3 is 20.6 Å². The van der Waals surface area contributed by atoms with Crippen molar-refractivity contribution in [3.8, 4) is 0 Å². The molecule has 3 rings (SSSR count). The molecule has 7 heteroatoms. The largest absolute Gasteiger partial charge is 0.395 e. The van der Waals surface area contributed by atoms with Crippen LogP contribution in [0.2, 0.25) is 0 Å². The number of aliphatic hydroxyl groups excluding tert-OH is 1. The molecule has 142 valence electrons. The zero-order valence-corrected chi connectivity index (χ0v) is 15.1. The number of hydrogen-bond donors (Lipinski definition) is 3. The number of nitrogens with zero attached hydrogens (tertiary/aromatic N) is 2. The number of amides is 3. The lowest BCUT2D eigenvalue weighted by Crippen LogP contribution is -2.46. The van der Waals surface area contributed by atoms with Crippen molar-refractivity contribution < 1.29 is 14.7 Å². The second-order valence-corrected chi connectivity index (χ2v) is 6.94. The number of carbonyl (C=O) groups excluding carboxylic acids is 2. The van der Waals surface area contributed by atoms with Crippen LogP contribution < -0.4 is 15.5 Å². The lowest BCUT2D eigenvalue weighted by atomic mass is 10.0. The van der Waals surface area contributed by atoms with E-state index in [0.29, 0.717) is 18.7 Å². The van der Waals surface area contributed by atoms with Gasteiger partial charge in [-0.15, -0.1) is 0 Å². The molecule has 26 heavy (non-hydrogen) atoms. The van der Waals surface area contributed by atoms with Crippen molar-refractivity contribution in [2.45, 2.75) is 38.1 Å². The van der Waals surface area contributed by atoms with E-state index in [2.05, 4.69) is 15.5 Å². The molecular weight excluding hydrogens is 332 g/mol. The van der Waals surface area contributed by atoms with Crippen molar-refractivity contribution >= 4 is 23.3 Å². The Labute approximate surface area is 154 Å². The molecule has 2 fully saturated rings. The van der Waals surface area contributed by atoms with Gasteiger partial charge in [-0.2, -0.15) is 0 Å². The van der Waals surface area contributed by atoms with Gasteiger partial charge in [-0.1, -0.05) is 6.42 Å². The summed E-state index contributed by atoms with van der Waals surface area (Å²) in [4.78, 5) is 27.8. The second-order valence-electron chi connectivity index (χ2n) is 6.94. The van der Waals surface area contributed by atoms with E-state index >= 15 is 0 Å². The maximum Gasteiger partial charge on any atom is 0.319 e. The Bertz CT molecular complexity index is 620. The zero-order valence-electron chi connectivity index (χ0n) is 15.1. The first-order valence-corrected chi connectivity index (χ1v) is 9.47. The maximum atomic E-state index is 12.0. The van der Waals surface area contributed by atoms with Crippen molar-refractivity contribution in [2.24, 2.45) is 0 Å². The summed E-state index contributed by atoms with van der Waals surface area (Å²) in [5, 5.41) is 15.1. The fraction of sp³-hybridized carbons (Fsp3) is 0.579. The zero-order chi connectivity index (χ0) is 18.4. The molecule has 0 saturated carbocycles. The second kappa shape index (κ2) is 9.00. The van der Waals surface area contributed by atoms with Crippen LogP contribution in [0, 0.1) is 0 Å². The van der Waals surface area contributed by atoms with Crippen LogP contribution in [0.3, 0.4) is 0 Å². The van der Waals surface area contributed by atoms with Crippen LogP contribution in [-0.2, 0) is 4.79 Å². The monoisotopic (exact) mass is 360 g/mol. The fourth-order valence-corrected chi connectivity index (χ4v) is 3.70. The number of nitrogens with one attached hydrogen (secondary N) is 2. The molecule has 0 aliphatic carbocycles. The van der Waals surface area contributed by atoms with Gasteiger partial charge >= 0.3 is 6.03 Å². The molecule has 1 aromatic rings. The molecule has 2 aliphatic rings. The SMILES string of the molecule is O=C(NCCN1CCCC[C@@H]1CO)Nc1ccc(N2CCCC2=O)cc1. The maximum absolute atomic E-state index is 12.0. The Morgan fingerprint density at radius 2 is 1.96 bits per heavy atom. The van der Waals surface area contributed by atoms with E-state index in [1.165, 1.54) is 0 Å². The van der Waals surface area contributed by atoms with Gasteiger partial charge in [0.1, 0.15) is 0 Å². The average Bonchev–Trinajstić information content (AvgIpc) is 3.09. The molecule has 0 spiro atoms. The lowest BCUT2D eigenvalue weighted by molar-refractivity contribution is -0.117. The Morgan fingerprint density at radius 3 is 2.65 bits per heavy atom. The van der Waals surface area contributed by atoms with Gasteiger partial charge in [-0.3, -0.25) is 9.69 Å². The average molecular weight is 360 g/mol. The number of piperidine rings is 1. The van der Waals surface area contributed by atoms with Gasteiger partial charge in [-0.25, -0.2) is 4.79 Å². The summed E-state index contributed by atoms with van der Waals surface area (Å²) in [5.41, 5.74) is 1.57. The minimum atomic E-state index is -0.243. The number of benzene rings is 1. The molecule has 0 unspecified atom stereocenters. The highest BCUT2D eigenvalue weighted by Gasteiger charge is 2.22. The van der Waals surface area contributed by atoms with Crippen LogP contribution in [0.4, 0.5) is 16.2 Å². The molecule has 0 radical (unpaired) electrons. The van der Waals surface area contributed by atoms with Crippen molar-refractivity contribution in [3.05, 3.63) is 24.3 Å². The topological polar surface area (TPSA) is 84.9 Å². The van der Waals surface area contributed by atoms with E-state index in [-0.39, 0.29) is 24.6 Å². The Morgan fingerprint density at radius 1 is 1.15 bits per heavy atom. The van der Waals surface area contributed by atoms with Crippen LogP contribution in [0.25, 0.3) is 0 Å². The third-order valence-electron chi connectivity index (χ3n) is 5.15. The van der Waals surface area contributed by atoms with E-state index in [1.807, 2.05) is 24.3 Å². The van der Waals surface area contributed by atoms with Gasteiger partial charge in [0.05, 0.1) is 6.61 Å². The fourth-order valence-electron chi connectivity index (χ4n) is 3.70. The van der Waals surface area contributed by atoms with E-state index in [0.717, 1.165) is 51.0 Å². The first kappa shape index (κ1) is 18.7. The highest BCUT2D eigenvalue weighted by Crippen LogP contribution is 2.23. The summed E-state index contributed by atoms with van der Waals surface area (Å²) in [6, 6.07) is 7.32. The van der Waals surface area contributed by atoms with Crippen molar-refractivity contribution in [3.63, 3.8) is 0 Å². The molecule has 1 aromatic carbocycles. The normalized spacial score (nSPS) is 21.0. The highest BCUT2D eigenvalue weighted by molar-refractivity contribution is 5.96. The van der Waals surface area contributed by atoms with Crippen LogP contribution in [0.1, 0.15) is 32.1 Å². The van der Waals surface area contributed by atoms with Gasteiger partial charge in [0.2, 0.25) is 5.91 Å². The van der Waals surface area contributed by atoms with E-state index < -0.39 is 0 Å². The first-order chi connectivity index (χ1) is 12.7. The molecule has 7 nitrogen and oxygen atoms in total. The van der Waals surface area contributed by atoms with Crippen LogP contribution >= 0.6 is 0 Å². The predicted octanol–water partition coefficient (Wildman–Crippen LogP) is 1.78. The number of hydrogen-bond acceptors (Lipinski definition) is 4. The van der Waals surface area contributed by atoms with Crippen molar-refractivity contribution in [2.75, 3.05) is 43.0 Å². The van der Waals surface area contributed by atoms with Gasteiger partial charge in [0, 0.05) is 43.5 Å². The lowest BCUT2D eigenvalue weighted by Gasteiger charge is -2.34. The number of likely N-dealkylation sites (tertiary alicyclic amines) is 1. The molecule has 2 aliphatic heterocycles. The summed E-state index contributed by atoms with van der Waals surface area (Å²) in [6.45, 7) is 3.21. The predicted molar refractivity (Wildman–Crippen MR) is 101 cm³/mol. The first-order valence-electron chi connectivity index (χ1n) is 9.47. The minimum Gasteiger partial charge on any atom is -0.395 e. The molecule has 3 amide bonds. The van der Waals surface area contributed by atoms with Gasteiger partial charge in [-0.05, 0) is 50.1 Å². The smallest absolute Gasteiger partial charge is 0.319 e. The number of aliphatic hydroxyl groups is 1.